The predicted molar refractivity (Wildman–Crippen MR) is 118 cm³/mol. The third-order valence-corrected chi connectivity index (χ3v) is 5.09. The van der Waals surface area contributed by atoms with Crippen LogP contribution in [0, 0.1) is 12.8 Å². The third-order valence-electron chi connectivity index (χ3n) is 5.09. The van der Waals surface area contributed by atoms with Crippen LogP contribution < -0.4 is 5.32 Å². The summed E-state index contributed by atoms with van der Waals surface area (Å²) in [6.07, 6.45) is 14.2. The van der Waals surface area contributed by atoms with Gasteiger partial charge in [-0.3, -0.25) is 4.79 Å². The second-order valence-electron chi connectivity index (χ2n) is 7.61. The molecular weight excluding hydrogens is 334 g/mol. The second kappa shape index (κ2) is 15.5. The van der Waals surface area contributed by atoms with E-state index in [1.807, 2.05) is 19.1 Å². The Balaban J connectivity index is 0.00000676. The quantitative estimate of drug-likeness (QED) is 0.259. The molecule has 1 aromatic rings. The Kier molecular flexibility index (Phi) is 14.7. The average Bonchev–Trinajstić information content (AvgIpc) is 2.62. The van der Waals surface area contributed by atoms with E-state index in [1.54, 1.807) is 6.07 Å². The number of nitrogens with one attached hydrogen (secondary N) is 1. The van der Waals surface area contributed by atoms with E-state index in [1.165, 1.54) is 51.4 Å². The molecule has 0 radical (unpaired) electrons. The summed E-state index contributed by atoms with van der Waals surface area (Å²) >= 11 is 0. The number of hydrogen-bond acceptors (Lipinski definition) is 2. The zero-order valence-corrected chi connectivity index (χ0v) is 17.2. The molecule has 0 heterocycles. The van der Waals surface area contributed by atoms with Gasteiger partial charge in [-0.15, -0.1) is 0 Å². The Hall–Kier alpha value is -1.51. The van der Waals surface area contributed by atoms with Crippen LogP contribution in [0.1, 0.15) is 104 Å². The molecule has 0 spiro atoms. The van der Waals surface area contributed by atoms with Gasteiger partial charge in [0, 0.05) is 5.92 Å². The minimum atomic E-state index is 0. The van der Waals surface area contributed by atoms with Gasteiger partial charge in [0.05, 0.1) is 5.69 Å². The number of anilines is 1. The summed E-state index contributed by atoms with van der Waals surface area (Å²) < 4.78 is 0. The van der Waals surface area contributed by atoms with Crippen LogP contribution in [-0.4, -0.2) is 11.0 Å². The van der Waals surface area contributed by atoms with Crippen LogP contribution in [0.4, 0.5) is 5.69 Å². The number of phenolic OH excluding ortho intramolecular Hbond substituents is 1. The fourth-order valence-electron chi connectivity index (χ4n) is 3.38. The number of amides is 1. The van der Waals surface area contributed by atoms with E-state index in [0.29, 0.717) is 5.69 Å². The molecular formula is C24H43NO2. The largest absolute Gasteiger partial charge is 0.506 e. The lowest BCUT2D eigenvalue weighted by Gasteiger charge is -2.18. The smallest absolute Gasteiger partial charge is 0.227 e. The van der Waals surface area contributed by atoms with E-state index in [4.69, 9.17) is 0 Å². The zero-order valence-electron chi connectivity index (χ0n) is 17.2. The second-order valence-corrected chi connectivity index (χ2v) is 7.61. The minimum Gasteiger partial charge on any atom is -0.506 e. The molecule has 1 aromatic carbocycles. The Bertz CT molecular complexity index is 513. The van der Waals surface area contributed by atoms with Crippen molar-refractivity contribution in [2.75, 3.05) is 5.32 Å². The Morgan fingerprint density at radius 1 is 0.926 bits per heavy atom. The van der Waals surface area contributed by atoms with Crippen molar-refractivity contribution in [2.45, 2.75) is 105 Å². The molecule has 1 amide bonds. The van der Waals surface area contributed by atoms with Crippen LogP contribution in [0.5, 0.6) is 5.75 Å². The fraction of sp³-hybridized carbons (Fsp3) is 0.708. The zero-order chi connectivity index (χ0) is 19.2. The molecule has 0 aliphatic rings. The Labute approximate surface area is 168 Å². The molecule has 1 rings (SSSR count). The topological polar surface area (TPSA) is 49.3 Å². The standard InChI is InChI=1S/C23H39NO2.CH4/c1-4-6-8-10-11-13-15-20(14-12-9-7-5-2)23(26)24-21-18-19(3)16-17-22(21)25;/h16-18,20,25H,4-15H2,1-3H3,(H,24,26);1H4. The van der Waals surface area contributed by atoms with Crippen LogP contribution in [0.15, 0.2) is 18.2 Å². The molecule has 0 aliphatic heterocycles. The van der Waals surface area contributed by atoms with E-state index in [0.717, 1.165) is 31.2 Å². The molecule has 3 heteroatoms. The first-order valence-electron chi connectivity index (χ1n) is 10.7. The summed E-state index contributed by atoms with van der Waals surface area (Å²) in [4.78, 5) is 12.8. The van der Waals surface area contributed by atoms with Crippen LogP contribution >= 0.6 is 0 Å². The summed E-state index contributed by atoms with van der Waals surface area (Å²) in [7, 11) is 0. The maximum Gasteiger partial charge on any atom is 0.227 e. The molecule has 2 N–H and O–H groups in total. The monoisotopic (exact) mass is 377 g/mol. The van der Waals surface area contributed by atoms with Crippen LogP contribution in [-0.2, 0) is 4.79 Å². The lowest BCUT2D eigenvalue weighted by atomic mass is 9.93. The summed E-state index contributed by atoms with van der Waals surface area (Å²) in [6.45, 7) is 6.41. The molecule has 156 valence electrons. The van der Waals surface area contributed by atoms with Crippen molar-refractivity contribution in [3.05, 3.63) is 23.8 Å². The molecule has 0 saturated heterocycles. The number of hydrogen-bond donors (Lipinski definition) is 2. The maximum absolute atomic E-state index is 12.8. The highest BCUT2D eigenvalue weighted by Gasteiger charge is 2.19. The number of phenols is 1. The first kappa shape index (κ1) is 25.5. The van der Waals surface area contributed by atoms with Gasteiger partial charge in [-0.25, -0.2) is 0 Å². The van der Waals surface area contributed by atoms with E-state index >= 15 is 0 Å². The first-order valence-corrected chi connectivity index (χ1v) is 10.7. The third kappa shape index (κ3) is 11.0. The van der Waals surface area contributed by atoms with Gasteiger partial charge in [0.15, 0.2) is 0 Å². The molecule has 1 atom stereocenters. The summed E-state index contributed by atoms with van der Waals surface area (Å²) in [5.41, 5.74) is 1.57. The molecule has 1 unspecified atom stereocenters. The number of rotatable bonds is 14. The molecule has 0 bridgehead atoms. The number of carbonyl (C=O) groups is 1. The van der Waals surface area contributed by atoms with Crippen LogP contribution in [0.25, 0.3) is 0 Å². The van der Waals surface area contributed by atoms with Crippen molar-refractivity contribution in [1.29, 1.82) is 0 Å². The highest BCUT2D eigenvalue weighted by molar-refractivity contribution is 5.93. The minimum absolute atomic E-state index is 0. The van der Waals surface area contributed by atoms with Crippen molar-refractivity contribution in [2.24, 2.45) is 5.92 Å². The average molecular weight is 378 g/mol. The van der Waals surface area contributed by atoms with Gasteiger partial charge in [0.25, 0.3) is 0 Å². The molecule has 3 nitrogen and oxygen atoms in total. The molecule has 27 heavy (non-hydrogen) atoms. The van der Waals surface area contributed by atoms with Gasteiger partial charge in [-0.05, 0) is 37.5 Å². The first-order chi connectivity index (χ1) is 12.6. The highest BCUT2D eigenvalue weighted by Crippen LogP contribution is 2.26. The Morgan fingerprint density at radius 3 is 2.04 bits per heavy atom. The molecule has 0 saturated carbocycles. The SMILES string of the molecule is C.CCCCCCCCC(CCCCCC)C(=O)Nc1cc(C)ccc1O. The lowest BCUT2D eigenvalue weighted by molar-refractivity contribution is -0.120. The number of unbranched alkanes of at least 4 members (excludes halogenated alkanes) is 8. The van der Waals surface area contributed by atoms with Gasteiger partial charge in [-0.2, -0.15) is 0 Å². The number of benzene rings is 1. The van der Waals surface area contributed by atoms with Gasteiger partial charge in [0.1, 0.15) is 5.75 Å². The lowest BCUT2D eigenvalue weighted by Crippen LogP contribution is -2.23. The van der Waals surface area contributed by atoms with Crippen molar-refractivity contribution < 1.29 is 9.90 Å². The van der Waals surface area contributed by atoms with Crippen molar-refractivity contribution in [1.82, 2.24) is 0 Å². The number of carbonyl (C=O) groups excluding carboxylic acids is 1. The predicted octanol–water partition coefficient (Wildman–Crippen LogP) is 7.61. The Morgan fingerprint density at radius 2 is 1.44 bits per heavy atom. The highest BCUT2D eigenvalue weighted by atomic mass is 16.3. The molecule has 0 fully saturated rings. The van der Waals surface area contributed by atoms with E-state index in [9.17, 15) is 9.90 Å². The summed E-state index contributed by atoms with van der Waals surface area (Å²) in [5.74, 6) is 0.266. The van der Waals surface area contributed by atoms with Crippen LogP contribution in [0.2, 0.25) is 0 Å². The van der Waals surface area contributed by atoms with E-state index in [-0.39, 0.29) is 25.0 Å². The molecule has 0 aliphatic carbocycles. The van der Waals surface area contributed by atoms with Gasteiger partial charge in [0.2, 0.25) is 5.91 Å². The summed E-state index contributed by atoms with van der Waals surface area (Å²) in [5, 5.41) is 13.0. The number of aromatic hydroxyl groups is 1. The number of aryl methyl sites for hydroxylation is 1. The van der Waals surface area contributed by atoms with Crippen LogP contribution in [0.3, 0.4) is 0 Å². The van der Waals surface area contributed by atoms with Gasteiger partial charge < -0.3 is 10.4 Å². The van der Waals surface area contributed by atoms with Crippen molar-refractivity contribution >= 4 is 11.6 Å². The summed E-state index contributed by atoms with van der Waals surface area (Å²) in [6, 6.07) is 5.34. The fourth-order valence-corrected chi connectivity index (χ4v) is 3.38. The van der Waals surface area contributed by atoms with Crippen molar-refractivity contribution in [3.8, 4) is 5.75 Å². The van der Waals surface area contributed by atoms with E-state index in [2.05, 4.69) is 19.2 Å². The molecule has 0 aromatic heterocycles. The van der Waals surface area contributed by atoms with Gasteiger partial charge in [-0.1, -0.05) is 91.5 Å². The maximum atomic E-state index is 12.8. The van der Waals surface area contributed by atoms with E-state index < -0.39 is 0 Å². The normalized spacial score (nSPS) is 11.7. The van der Waals surface area contributed by atoms with Gasteiger partial charge >= 0.3 is 0 Å². The van der Waals surface area contributed by atoms with Crippen molar-refractivity contribution in [3.63, 3.8) is 0 Å².